The number of carbonyl (C=O) groups excluding carboxylic acids is 1. The Morgan fingerprint density at radius 1 is 1.22 bits per heavy atom. The monoisotopic (exact) mass is 315 g/mol. The molecule has 0 saturated carbocycles. The molecule has 0 fully saturated rings. The number of amides is 1. The van der Waals surface area contributed by atoms with E-state index in [0.29, 0.717) is 11.3 Å². The van der Waals surface area contributed by atoms with Crippen LogP contribution in [0.5, 0.6) is 0 Å². The molecule has 2 N–H and O–H groups in total. The quantitative estimate of drug-likeness (QED) is 0.729. The number of aromatic nitrogens is 1. The van der Waals surface area contributed by atoms with Crippen LogP contribution in [-0.2, 0) is 6.54 Å². The molecule has 1 heterocycles. The first-order chi connectivity index (χ1) is 11.2. The minimum Gasteiger partial charge on any atom is -0.385 e. The van der Waals surface area contributed by atoms with E-state index in [1.165, 1.54) is 18.9 Å². The van der Waals surface area contributed by atoms with Crippen LogP contribution < -0.4 is 10.6 Å². The van der Waals surface area contributed by atoms with Crippen LogP contribution in [0.2, 0.25) is 0 Å². The predicted molar refractivity (Wildman–Crippen MR) is 89.8 cm³/mol. The second kappa shape index (κ2) is 8.88. The summed E-state index contributed by atoms with van der Waals surface area (Å²) in [6.07, 6.45) is 5.03. The van der Waals surface area contributed by atoms with Crippen molar-refractivity contribution >= 4 is 11.6 Å². The summed E-state index contributed by atoms with van der Waals surface area (Å²) in [6, 6.07) is 9.93. The first-order valence-corrected chi connectivity index (χ1v) is 7.92. The SMILES string of the molecule is CCCCCNc1ccnc(C(=O)NCc2ccccc2F)c1. The van der Waals surface area contributed by atoms with Crippen LogP contribution in [0, 0.1) is 5.82 Å². The van der Waals surface area contributed by atoms with E-state index >= 15 is 0 Å². The van der Waals surface area contributed by atoms with E-state index in [1.807, 2.05) is 6.07 Å². The Morgan fingerprint density at radius 3 is 2.83 bits per heavy atom. The summed E-state index contributed by atoms with van der Waals surface area (Å²) in [6.45, 7) is 3.17. The molecule has 2 rings (SSSR count). The summed E-state index contributed by atoms with van der Waals surface area (Å²) in [7, 11) is 0. The molecule has 1 amide bonds. The number of nitrogens with zero attached hydrogens (tertiary/aromatic N) is 1. The van der Waals surface area contributed by atoms with Gasteiger partial charge >= 0.3 is 0 Å². The van der Waals surface area contributed by atoms with Crippen molar-refractivity contribution in [2.45, 2.75) is 32.7 Å². The first kappa shape index (κ1) is 16.9. The van der Waals surface area contributed by atoms with Gasteiger partial charge in [-0.15, -0.1) is 0 Å². The molecule has 2 aromatic rings. The minimum atomic E-state index is -0.327. The van der Waals surface area contributed by atoms with Crippen molar-refractivity contribution in [3.63, 3.8) is 0 Å². The number of benzene rings is 1. The number of rotatable bonds is 8. The molecule has 0 unspecified atom stereocenters. The fraction of sp³-hybridized carbons (Fsp3) is 0.333. The van der Waals surface area contributed by atoms with Gasteiger partial charge in [-0.05, 0) is 24.6 Å². The number of anilines is 1. The van der Waals surface area contributed by atoms with Crippen molar-refractivity contribution in [2.24, 2.45) is 0 Å². The zero-order chi connectivity index (χ0) is 16.5. The van der Waals surface area contributed by atoms with Gasteiger partial charge in [-0.3, -0.25) is 9.78 Å². The van der Waals surface area contributed by atoms with Crippen LogP contribution in [0.3, 0.4) is 0 Å². The summed E-state index contributed by atoms with van der Waals surface area (Å²) in [5, 5.41) is 5.97. The second-order valence-electron chi connectivity index (χ2n) is 5.34. The summed E-state index contributed by atoms with van der Waals surface area (Å²) < 4.78 is 13.5. The summed E-state index contributed by atoms with van der Waals surface area (Å²) in [5.74, 6) is -0.641. The molecular formula is C18H22FN3O. The average Bonchev–Trinajstić information content (AvgIpc) is 2.58. The Labute approximate surface area is 136 Å². The molecule has 0 atom stereocenters. The number of nitrogens with one attached hydrogen (secondary N) is 2. The summed E-state index contributed by atoms with van der Waals surface area (Å²) >= 11 is 0. The molecule has 1 aromatic carbocycles. The van der Waals surface area contributed by atoms with Crippen molar-refractivity contribution < 1.29 is 9.18 Å². The molecule has 4 nitrogen and oxygen atoms in total. The maximum Gasteiger partial charge on any atom is 0.270 e. The van der Waals surface area contributed by atoms with Crippen LogP contribution in [0.15, 0.2) is 42.6 Å². The van der Waals surface area contributed by atoms with Crippen molar-refractivity contribution in [2.75, 3.05) is 11.9 Å². The topological polar surface area (TPSA) is 54.0 Å². The van der Waals surface area contributed by atoms with Gasteiger partial charge in [-0.1, -0.05) is 38.0 Å². The van der Waals surface area contributed by atoms with Gasteiger partial charge in [0.1, 0.15) is 11.5 Å². The van der Waals surface area contributed by atoms with E-state index in [9.17, 15) is 9.18 Å². The molecule has 0 aliphatic carbocycles. The number of hydrogen-bond acceptors (Lipinski definition) is 3. The number of halogens is 1. The number of unbranched alkanes of at least 4 members (excludes halogenated alkanes) is 2. The van der Waals surface area contributed by atoms with Gasteiger partial charge in [-0.25, -0.2) is 4.39 Å². The Kier molecular flexibility index (Phi) is 6.54. The molecule has 1 aromatic heterocycles. The average molecular weight is 315 g/mol. The summed E-state index contributed by atoms with van der Waals surface area (Å²) in [5.41, 5.74) is 1.64. The Bertz CT molecular complexity index is 646. The smallest absolute Gasteiger partial charge is 0.270 e. The lowest BCUT2D eigenvalue weighted by molar-refractivity contribution is 0.0945. The van der Waals surface area contributed by atoms with Crippen molar-refractivity contribution in [1.29, 1.82) is 0 Å². The van der Waals surface area contributed by atoms with E-state index in [1.54, 1.807) is 30.5 Å². The third kappa shape index (κ3) is 5.36. The minimum absolute atomic E-state index is 0.140. The molecule has 0 radical (unpaired) electrons. The van der Waals surface area contributed by atoms with Gasteiger partial charge in [0, 0.05) is 30.5 Å². The highest BCUT2D eigenvalue weighted by molar-refractivity contribution is 5.93. The van der Waals surface area contributed by atoms with Gasteiger partial charge in [0.2, 0.25) is 0 Å². The standard InChI is InChI=1S/C18H22FN3O/c1-2-3-6-10-20-15-9-11-21-17(12-15)18(23)22-13-14-7-4-5-8-16(14)19/h4-5,7-9,11-12H,2-3,6,10,13H2,1H3,(H,20,21)(H,22,23). The predicted octanol–water partition coefficient (Wildman–Crippen LogP) is 3.75. The van der Waals surface area contributed by atoms with Crippen LogP contribution in [-0.4, -0.2) is 17.4 Å². The van der Waals surface area contributed by atoms with Crippen LogP contribution >= 0.6 is 0 Å². The highest BCUT2D eigenvalue weighted by Gasteiger charge is 2.09. The molecule has 23 heavy (non-hydrogen) atoms. The van der Waals surface area contributed by atoms with Crippen molar-refractivity contribution in [1.82, 2.24) is 10.3 Å². The zero-order valence-corrected chi connectivity index (χ0v) is 13.3. The third-order valence-electron chi connectivity index (χ3n) is 3.50. The third-order valence-corrected chi connectivity index (χ3v) is 3.50. The summed E-state index contributed by atoms with van der Waals surface area (Å²) in [4.78, 5) is 16.2. The lowest BCUT2D eigenvalue weighted by Gasteiger charge is -2.09. The van der Waals surface area contributed by atoms with Crippen molar-refractivity contribution in [3.05, 3.63) is 59.7 Å². The molecule has 0 aliphatic rings. The highest BCUT2D eigenvalue weighted by Crippen LogP contribution is 2.10. The lowest BCUT2D eigenvalue weighted by atomic mass is 10.2. The zero-order valence-electron chi connectivity index (χ0n) is 13.3. The normalized spacial score (nSPS) is 10.3. The van der Waals surface area contributed by atoms with Crippen LogP contribution in [0.1, 0.15) is 42.2 Å². The molecule has 122 valence electrons. The molecule has 5 heteroatoms. The fourth-order valence-corrected chi connectivity index (χ4v) is 2.18. The Hall–Kier alpha value is -2.43. The Balaban J connectivity index is 1.90. The largest absolute Gasteiger partial charge is 0.385 e. The number of hydrogen-bond donors (Lipinski definition) is 2. The molecule has 0 bridgehead atoms. The van der Waals surface area contributed by atoms with E-state index in [4.69, 9.17) is 0 Å². The van der Waals surface area contributed by atoms with E-state index in [2.05, 4.69) is 22.5 Å². The highest BCUT2D eigenvalue weighted by atomic mass is 19.1. The van der Waals surface area contributed by atoms with E-state index in [0.717, 1.165) is 18.7 Å². The van der Waals surface area contributed by atoms with Gasteiger partial charge in [-0.2, -0.15) is 0 Å². The molecular weight excluding hydrogens is 293 g/mol. The molecule has 0 aliphatic heterocycles. The van der Waals surface area contributed by atoms with Gasteiger partial charge in [0.05, 0.1) is 0 Å². The van der Waals surface area contributed by atoms with Crippen LogP contribution in [0.4, 0.5) is 10.1 Å². The van der Waals surface area contributed by atoms with Gasteiger partial charge < -0.3 is 10.6 Å². The maximum atomic E-state index is 13.5. The fourth-order valence-electron chi connectivity index (χ4n) is 2.18. The Morgan fingerprint density at radius 2 is 2.04 bits per heavy atom. The second-order valence-corrected chi connectivity index (χ2v) is 5.34. The van der Waals surface area contributed by atoms with Gasteiger partial charge in [0.15, 0.2) is 0 Å². The molecule has 0 spiro atoms. The number of carbonyl (C=O) groups is 1. The van der Waals surface area contributed by atoms with E-state index in [-0.39, 0.29) is 18.3 Å². The van der Waals surface area contributed by atoms with Crippen molar-refractivity contribution in [3.8, 4) is 0 Å². The van der Waals surface area contributed by atoms with E-state index < -0.39 is 0 Å². The first-order valence-electron chi connectivity index (χ1n) is 7.92. The molecule has 0 saturated heterocycles. The van der Waals surface area contributed by atoms with Gasteiger partial charge in [0.25, 0.3) is 5.91 Å². The maximum absolute atomic E-state index is 13.5. The lowest BCUT2D eigenvalue weighted by Crippen LogP contribution is -2.24. The number of pyridine rings is 1. The van der Waals surface area contributed by atoms with Crippen LogP contribution in [0.25, 0.3) is 0 Å².